The molecule has 3 radical (unpaired) electrons. The molecule has 1 aromatic heterocycles. The average Bonchev–Trinajstić information content (AvgIpc) is 1.69. The molecule has 0 saturated carbocycles. The van der Waals surface area contributed by atoms with Crippen molar-refractivity contribution in [3.63, 3.8) is 0 Å². The number of nitrogens with zero attached hydrogens (tertiary/aromatic N) is 3. The predicted octanol–water partition coefficient (Wildman–Crippen LogP) is 0.0970. The topological polar surface area (TPSA) is 38.7 Å². The second-order valence-electron chi connectivity index (χ2n) is 0.952. The van der Waals surface area contributed by atoms with Gasteiger partial charge < -0.3 is 29.3 Å². The van der Waals surface area contributed by atoms with Crippen molar-refractivity contribution in [2.24, 2.45) is 0 Å². The van der Waals surface area contributed by atoms with Crippen LogP contribution < -0.4 is 0 Å². The Morgan fingerprint density at radius 3 is 1.55 bits per heavy atom. The van der Waals surface area contributed by atoms with Crippen LogP contribution in [0.2, 0.25) is 0 Å². The van der Waals surface area contributed by atoms with Crippen LogP contribution in [0.4, 0.5) is 0 Å². The first-order chi connectivity index (χ1) is 3.39. The Kier molecular flexibility index (Phi) is 31.0. The minimum absolute atomic E-state index is 0. The maximum absolute atomic E-state index is 3.49. The van der Waals surface area contributed by atoms with Crippen LogP contribution >= 0.6 is 0 Å². The monoisotopic (exact) mass is 374 g/mol. The summed E-state index contributed by atoms with van der Waals surface area (Å²) < 4.78 is 0. The van der Waals surface area contributed by atoms with Gasteiger partial charge in [0.2, 0.25) is 0 Å². The normalized spacial score (nSPS) is 5.45. The van der Waals surface area contributed by atoms with Crippen LogP contribution in [0.5, 0.6) is 0 Å². The summed E-state index contributed by atoms with van der Waals surface area (Å²) in [4.78, 5) is 10.3. The molecule has 0 amide bonds. The number of hydrogen-bond donors (Lipinski definition) is 0. The Balaban J connectivity index is -0.0000000612. The largest absolute Gasteiger partial charge is 0.519 e. The van der Waals surface area contributed by atoms with Crippen LogP contribution in [0.25, 0.3) is 0 Å². The summed E-state index contributed by atoms with van der Waals surface area (Å²) >= 11 is 0. The van der Waals surface area contributed by atoms with Crippen LogP contribution in [0, 0.1) is 27.0 Å². The minimum atomic E-state index is 0. The molecule has 0 fully saturated rings. The van der Waals surface area contributed by atoms with Crippen molar-refractivity contribution in [3.05, 3.63) is 32.8 Å². The molecule has 0 aromatic carbocycles. The van der Waals surface area contributed by atoms with Crippen molar-refractivity contribution < 1.29 is 98.1 Å². The standard InChI is InChI=1S/C4H2N3.CH3.3Y/c1-4-6-2-5-3-7-4;;;;/h1H2;1H3;;;/q-3;-1;;;. The zero-order valence-corrected chi connectivity index (χ0v) is 14.8. The summed E-state index contributed by atoms with van der Waals surface area (Å²) in [6.45, 7) is 3.40. The van der Waals surface area contributed by atoms with Gasteiger partial charge in [0.05, 0.1) is 0 Å². The molecule has 0 N–H and O–H groups in total. The predicted molar refractivity (Wildman–Crippen MR) is 28.4 cm³/mol. The van der Waals surface area contributed by atoms with Gasteiger partial charge in [-0.25, -0.2) is 0 Å². The maximum Gasteiger partial charge on any atom is 0 e. The van der Waals surface area contributed by atoms with Crippen molar-refractivity contribution in [1.82, 2.24) is 15.0 Å². The van der Waals surface area contributed by atoms with Gasteiger partial charge in [0.1, 0.15) is 0 Å². The third-order valence-corrected chi connectivity index (χ3v) is 0.458. The number of hydrogen-bond acceptors (Lipinski definition) is 3. The Labute approximate surface area is 143 Å². The van der Waals surface area contributed by atoms with Gasteiger partial charge >= 0.3 is 0 Å². The maximum atomic E-state index is 3.49. The molecule has 0 aliphatic carbocycles. The number of aromatic nitrogens is 3. The summed E-state index contributed by atoms with van der Waals surface area (Å²) in [5.41, 5.74) is 0. The van der Waals surface area contributed by atoms with E-state index in [9.17, 15) is 0 Å². The van der Waals surface area contributed by atoms with Crippen molar-refractivity contribution in [2.45, 2.75) is 0 Å². The fourth-order valence-electron chi connectivity index (χ4n) is 0.213. The van der Waals surface area contributed by atoms with E-state index >= 15 is 0 Å². The molecule has 0 aliphatic heterocycles. The minimum Gasteiger partial charge on any atom is -0.519 e. The van der Waals surface area contributed by atoms with Gasteiger partial charge in [0.25, 0.3) is 0 Å². The van der Waals surface area contributed by atoms with Crippen molar-refractivity contribution in [3.8, 4) is 0 Å². The Morgan fingerprint density at radius 2 is 1.36 bits per heavy atom. The number of rotatable bonds is 0. The van der Waals surface area contributed by atoms with Crippen molar-refractivity contribution in [2.75, 3.05) is 0 Å². The first-order valence-corrected chi connectivity index (χ1v) is 1.70. The van der Waals surface area contributed by atoms with Crippen molar-refractivity contribution >= 4 is 0 Å². The first kappa shape index (κ1) is 23.2. The van der Waals surface area contributed by atoms with E-state index in [2.05, 4.69) is 34.5 Å². The van der Waals surface area contributed by atoms with Gasteiger partial charge in [0.15, 0.2) is 0 Å². The summed E-state index contributed by atoms with van der Waals surface area (Å²) in [5, 5.41) is 0. The summed E-state index contributed by atoms with van der Waals surface area (Å²) in [5.74, 6) is 0.398. The molecule has 11 heavy (non-hydrogen) atoms. The van der Waals surface area contributed by atoms with Crippen LogP contribution in [0.1, 0.15) is 5.82 Å². The molecule has 0 aliphatic rings. The van der Waals surface area contributed by atoms with E-state index in [0.717, 1.165) is 0 Å². The summed E-state index contributed by atoms with van der Waals surface area (Å²) in [6.07, 6.45) is 4.56. The molecular formula is C5H5N3Y3-4. The van der Waals surface area contributed by atoms with Crippen LogP contribution in [-0.4, -0.2) is 15.0 Å². The van der Waals surface area contributed by atoms with Crippen molar-refractivity contribution in [1.29, 1.82) is 0 Å². The second kappa shape index (κ2) is 14.7. The molecule has 0 saturated heterocycles. The molecule has 53 valence electrons. The molecule has 1 rings (SSSR count). The first-order valence-electron chi connectivity index (χ1n) is 1.70. The van der Waals surface area contributed by atoms with Crippen LogP contribution in [-0.2, 0) is 98.1 Å². The van der Waals surface area contributed by atoms with E-state index in [1.807, 2.05) is 0 Å². The van der Waals surface area contributed by atoms with E-state index in [-0.39, 0.29) is 106 Å². The molecule has 0 spiro atoms. The zero-order valence-electron chi connectivity index (χ0n) is 6.28. The Morgan fingerprint density at radius 1 is 1.00 bits per heavy atom. The van der Waals surface area contributed by atoms with Gasteiger partial charge in [-0.2, -0.15) is 12.7 Å². The smallest absolute Gasteiger partial charge is 0 e. The van der Waals surface area contributed by atoms with Gasteiger partial charge in [-0.15, -0.1) is 0 Å². The van der Waals surface area contributed by atoms with Gasteiger partial charge in [-0.3, -0.25) is 5.82 Å². The van der Waals surface area contributed by atoms with E-state index in [1.165, 1.54) is 0 Å². The molecular weight excluding hydrogens is 369 g/mol. The fraction of sp³-hybridized carbons (Fsp3) is 0. The molecule has 6 heteroatoms. The molecule has 0 atom stereocenters. The van der Waals surface area contributed by atoms with E-state index in [4.69, 9.17) is 0 Å². The second-order valence-corrected chi connectivity index (χ2v) is 0.952. The third kappa shape index (κ3) is 12.2. The van der Waals surface area contributed by atoms with Gasteiger partial charge in [-0.05, 0) is 0 Å². The van der Waals surface area contributed by atoms with Gasteiger partial charge in [0, 0.05) is 98.1 Å². The summed E-state index contributed by atoms with van der Waals surface area (Å²) in [6, 6.07) is 0. The molecule has 0 unspecified atom stereocenters. The zero-order chi connectivity index (χ0) is 5.11. The molecule has 3 nitrogen and oxygen atoms in total. The van der Waals surface area contributed by atoms with Crippen LogP contribution in [0.15, 0.2) is 0 Å². The SMILES string of the molecule is [CH2-]c1n[c-]n[c-]n1.[CH3-].[Y].[Y].[Y]. The van der Waals surface area contributed by atoms with Crippen LogP contribution in [0.3, 0.4) is 0 Å². The van der Waals surface area contributed by atoms with Gasteiger partial charge in [-0.1, -0.05) is 0 Å². The Bertz CT molecular complexity index is 147. The Hall–Kier alpha value is 2.19. The quantitative estimate of drug-likeness (QED) is 0.605. The van der Waals surface area contributed by atoms with E-state index in [0.29, 0.717) is 5.82 Å². The molecule has 1 aromatic rings. The summed E-state index contributed by atoms with van der Waals surface area (Å²) in [7, 11) is 0. The fourth-order valence-corrected chi connectivity index (χ4v) is 0.213. The third-order valence-electron chi connectivity index (χ3n) is 0.458. The average molecular weight is 374 g/mol. The van der Waals surface area contributed by atoms with E-state index < -0.39 is 0 Å². The van der Waals surface area contributed by atoms with E-state index in [1.54, 1.807) is 0 Å². The molecule has 0 bridgehead atoms. The molecule has 1 heterocycles.